The van der Waals surface area contributed by atoms with Crippen molar-refractivity contribution in [1.29, 1.82) is 0 Å². The van der Waals surface area contributed by atoms with Crippen LogP contribution in [-0.4, -0.2) is 29.9 Å². The molecule has 1 amide bonds. The fourth-order valence-corrected chi connectivity index (χ4v) is 3.22. The van der Waals surface area contributed by atoms with Crippen LogP contribution in [0.2, 0.25) is 0 Å². The van der Waals surface area contributed by atoms with Gasteiger partial charge in [-0.05, 0) is 12.1 Å². The number of aryl methyl sites for hydroxylation is 1. The molecule has 0 fully saturated rings. The second kappa shape index (κ2) is 5.64. The van der Waals surface area contributed by atoms with E-state index < -0.39 is 5.91 Å². The maximum absolute atomic E-state index is 12.0. The van der Waals surface area contributed by atoms with Gasteiger partial charge in [-0.25, -0.2) is 0 Å². The Morgan fingerprint density at radius 3 is 2.64 bits per heavy atom. The Morgan fingerprint density at radius 1 is 1.27 bits per heavy atom. The van der Waals surface area contributed by atoms with Crippen LogP contribution in [0.5, 0.6) is 11.5 Å². The summed E-state index contributed by atoms with van der Waals surface area (Å²) in [5.74, 6) is 0.988. The molecule has 114 valence electrons. The summed E-state index contributed by atoms with van der Waals surface area (Å²) in [6, 6.07) is 5.11. The van der Waals surface area contributed by atoms with Crippen molar-refractivity contribution in [2.45, 2.75) is 0 Å². The van der Waals surface area contributed by atoms with Crippen LogP contribution in [0.25, 0.3) is 10.2 Å². The summed E-state index contributed by atoms with van der Waals surface area (Å²) < 4.78 is 18.2. The van der Waals surface area contributed by atoms with E-state index in [1.807, 2.05) is 19.2 Å². The van der Waals surface area contributed by atoms with Crippen LogP contribution >= 0.6 is 11.3 Å². The molecule has 2 heterocycles. The van der Waals surface area contributed by atoms with E-state index in [-0.39, 0.29) is 5.76 Å². The molecule has 0 unspecified atom stereocenters. The molecule has 1 aromatic carbocycles. The quantitative estimate of drug-likeness (QED) is 0.737. The second-order valence-corrected chi connectivity index (χ2v) is 5.36. The van der Waals surface area contributed by atoms with Crippen molar-refractivity contribution in [3.63, 3.8) is 0 Å². The molecule has 22 heavy (non-hydrogen) atoms. The highest BCUT2D eigenvalue weighted by molar-refractivity contribution is 7.16. The van der Waals surface area contributed by atoms with Gasteiger partial charge >= 0.3 is 5.91 Å². The number of hydrogen-bond donors (Lipinski definition) is 0. The number of benzene rings is 1. The highest BCUT2D eigenvalue weighted by Crippen LogP contribution is 2.34. The predicted octanol–water partition coefficient (Wildman–Crippen LogP) is 1.99. The van der Waals surface area contributed by atoms with Crippen molar-refractivity contribution in [2.75, 3.05) is 14.2 Å². The number of carbonyl (C=O) groups is 1. The first-order chi connectivity index (χ1) is 10.7. The van der Waals surface area contributed by atoms with Crippen molar-refractivity contribution in [2.24, 2.45) is 12.0 Å². The molecule has 3 aromatic rings. The third-order valence-electron chi connectivity index (χ3n) is 3.16. The molecule has 3 rings (SSSR count). The number of aromatic nitrogens is 2. The summed E-state index contributed by atoms with van der Waals surface area (Å²) in [7, 11) is 5.00. The molecule has 0 aliphatic rings. The van der Waals surface area contributed by atoms with Gasteiger partial charge in [0.2, 0.25) is 5.76 Å². The average molecular weight is 319 g/mol. The molecule has 0 saturated heterocycles. The number of rotatable bonds is 3. The van der Waals surface area contributed by atoms with E-state index in [0.29, 0.717) is 16.3 Å². The zero-order valence-electron chi connectivity index (χ0n) is 12.2. The lowest BCUT2D eigenvalue weighted by Crippen LogP contribution is -2.13. The van der Waals surface area contributed by atoms with Gasteiger partial charge in [-0.15, -0.1) is 0 Å². The molecule has 0 radical (unpaired) electrons. The highest BCUT2D eigenvalue weighted by atomic mass is 32.1. The van der Waals surface area contributed by atoms with Crippen LogP contribution in [0.1, 0.15) is 10.6 Å². The van der Waals surface area contributed by atoms with Gasteiger partial charge in [-0.3, -0.25) is 4.79 Å². The summed E-state index contributed by atoms with van der Waals surface area (Å²) in [6.45, 7) is 0. The SMILES string of the molecule is COc1ccc(OC)c2c1sc(=NC(=O)c1ccno1)n2C. The first-order valence-corrected chi connectivity index (χ1v) is 7.17. The number of hydrogen-bond acceptors (Lipinski definition) is 6. The van der Waals surface area contributed by atoms with Crippen molar-refractivity contribution in [3.8, 4) is 11.5 Å². The van der Waals surface area contributed by atoms with Gasteiger partial charge in [0.25, 0.3) is 0 Å². The highest BCUT2D eigenvalue weighted by Gasteiger charge is 2.15. The minimum atomic E-state index is -0.488. The molecule has 0 atom stereocenters. The number of nitrogens with zero attached hydrogens (tertiary/aromatic N) is 3. The normalized spacial score (nSPS) is 11.9. The fourth-order valence-electron chi connectivity index (χ4n) is 2.10. The van der Waals surface area contributed by atoms with Crippen LogP contribution in [-0.2, 0) is 7.05 Å². The van der Waals surface area contributed by atoms with E-state index in [9.17, 15) is 4.79 Å². The van der Waals surface area contributed by atoms with Crippen LogP contribution in [0.15, 0.2) is 33.9 Å². The molecule has 7 nitrogen and oxygen atoms in total. The first kappa shape index (κ1) is 14.3. The van der Waals surface area contributed by atoms with Crippen molar-refractivity contribution >= 4 is 27.5 Å². The van der Waals surface area contributed by atoms with Gasteiger partial charge in [0, 0.05) is 13.1 Å². The lowest BCUT2D eigenvalue weighted by atomic mass is 10.3. The number of amides is 1. The van der Waals surface area contributed by atoms with Gasteiger partial charge in [-0.1, -0.05) is 16.5 Å². The van der Waals surface area contributed by atoms with Crippen LogP contribution in [0, 0.1) is 0 Å². The number of methoxy groups -OCH3 is 2. The summed E-state index contributed by atoms with van der Waals surface area (Å²) in [5, 5.41) is 3.51. The van der Waals surface area contributed by atoms with Gasteiger partial charge in [0.1, 0.15) is 21.7 Å². The van der Waals surface area contributed by atoms with Crippen molar-refractivity contribution in [3.05, 3.63) is 35.0 Å². The Morgan fingerprint density at radius 2 is 2.00 bits per heavy atom. The third kappa shape index (κ3) is 2.27. The molecule has 0 bridgehead atoms. The molecular formula is C14H13N3O4S. The largest absolute Gasteiger partial charge is 0.495 e. The topological polar surface area (TPSA) is 78.8 Å². The number of thiazole rings is 1. The summed E-state index contributed by atoms with van der Waals surface area (Å²) >= 11 is 1.34. The summed E-state index contributed by atoms with van der Waals surface area (Å²) in [4.78, 5) is 16.6. The monoisotopic (exact) mass is 319 g/mol. The second-order valence-electron chi connectivity index (χ2n) is 4.39. The van der Waals surface area contributed by atoms with E-state index in [1.54, 1.807) is 18.8 Å². The first-order valence-electron chi connectivity index (χ1n) is 6.36. The maximum atomic E-state index is 12.0. The standard InChI is InChI=1S/C14H13N3O4S/c1-17-11-8(19-2)4-5-9(20-3)12(11)22-14(17)16-13(18)10-6-7-15-21-10/h4-7H,1-3H3. The fraction of sp³-hybridized carbons (Fsp3) is 0.214. The Labute approximate surface area is 129 Å². The maximum Gasteiger partial charge on any atom is 0.318 e. The molecular weight excluding hydrogens is 306 g/mol. The number of fused-ring (bicyclic) bond motifs is 1. The smallest absolute Gasteiger partial charge is 0.318 e. The van der Waals surface area contributed by atoms with E-state index in [1.165, 1.54) is 23.6 Å². The minimum Gasteiger partial charge on any atom is -0.495 e. The molecule has 0 spiro atoms. The summed E-state index contributed by atoms with van der Waals surface area (Å²) in [6.07, 6.45) is 1.40. The van der Waals surface area contributed by atoms with Crippen LogP contribution < -0.4 is 14.3 Å². The molecule has 2 aromatic heterocycles. The Balaban J connectivity index is 2.23. The van der Waals surface area contributed by atoms with E-state index in [0.717, 1.165) is 10.2 Å². The number of ether oxygens (including phenoxy) is 2. The lowest BCUT2D eigenvalue weighted by molar-refractivity contribution is 0.0962. The molecule has 0 N–H and O–H groups in total. The van der Waals surface area contributed by atoms with Gasteiger partial charge in [0.15, 0.2) is 4.80 Å². The Bertz CT molecular complexity index is 893. The third-order valence-corrected chi connectivity index (χ3v) is 4.31. The van der Waals surface area contributed by atoms with Gasteiger partial charge in [-0.2, -0.15) is 4.99 Å². The summed E-state index contributed by atoms with van der Waals surface area (Å²) in [5.41, 5.74) is 0.816. The number of carbonyl (C=O) groups excluding carboxylic acids is 1. The predicted molar refractivity (Wildman–Crippen MR) is 80.3 cm³/mol. The van der Waals surface area contributed by atoms with Crippen LogP contribution in [0.3, 0.4) is 0 Å². The van der Waals surface area contributed by atoms with E-state index in [2.05, 4.69) is 10.1 Å². The zero-order chi connectivity index (χ0) is 15.7. The molecule has 0 aliphatic heterocycles. The van der Waals surface area contributed by atoms with E-state index >= 15 is 0 Å². The lowest BCUT2D eigenvalue weighted by Gasteiger charge is -2.06. The minimum absolute atomic E-state index is 0.0939. The van der Waals surface area contributed by atoms with E-state index in [4.69, 9.17) is 14.0 Å². The molecule has 0 aliphatic carbocycles. The average Bonchev–Trinajstić information content (AvgIpc) is 3.16. The van der Waals surface area contributed by atoms with Gasteiger partial charge in [0.05, 0.1) is 20.4 Å². The van der Waals surface area contributed by atoms with Crippen molar-refractivity contribution < 1.29 is 18.8 Å². The molecule has 0 saturated carbocycles. The molecule has 8 heteroatoms. The van der Waals surface area contributed by atoms with Crippen LogP contribution in [0.4, 0.5) is 0 Å². The Hall–Kier alpha value is -2.61. The van der Waals surface area contributed by atoms with Crippen molar-refractivity contribution in [1.82, 2.24) is 9.72 Å². The zero-order valence-corrected chi connectivity index (χ0v) is 13.0. The van der Waals surface area contributed by atoms with Gasteiger partial charge < -0.3 is 18.6 Å². The Kier molecular flexibility index (Phi) is 3.68.